The fourth-order valence-electron chi connectivity index (χ4n) is 2.99. The van der Waals surface area contributed by atoms with Crippen molar-refractivity contribution in [3.05, 3.63) is 89.3 Å². The molecule has 1 atom stereocenters. The van der Waals surface area contributed by atoms with Gasteiger partial charge < -0.3 is 4.74 Å². The van der Waals surface area contributed by atoms with E-state index in [0.717, 1.165) is 30.8 Å². The number of hydrogen-bond donors (Lipinski definition) is 0. The average molecular weight is 260 g/mol. The van der Waals surface area contributed by atoms with Gasteiger partial charge in [-0.25, -0.2) is 0 Å². The highest BCUT2D eigenvalue weighted by atomic mass is 16.5. The molecule has 98 valence electrons. The first-order chi connectivity index (χ1) is 9.90. The lowest BCUT2D eigenvalue weighted by Gasteiger charge is -2.29. The van der Waals surface area contributed by atoms with Gasteiger partial charge in [0, 0.05) is 12.3 Å². The Bertz CT molecular complexity index is 658. The molecule has 2 aliphatic carbocycles. The molecule has 1 heteroatoms. The quantitative estimate of drug-likeness (QED) is 0.729. The van der Waals surface area contributed by atoms with Crippen molar-refractivity contribution in [3.8, 4) is 0 Å². The van der Waals surface area contributed by atoms with Gasteiger partial charge in [0.1, 0.15) is 11.5 Å². The molecule has 0 spiro atoms. The third kappa shape index (κ3) is 2.03. The smallest absolute Gasteiger partial charge is 0.130 e. The monoisotopic (exact) mass is 260 g/mol. The van der Waals surface area contributed by atoms with Crippen LogP contribution in [0.3, 0.4) is 0 Å². The van der Waals surface area contributed by atoms with E-state index in [2.05, 4.69) is 61.1 Å². The molecule has 0 aromatic heterocycles. The van der Waals surface area contributed by atoms with Crippen LogP contribution in [-0.2, 0) is 11.2 Å². The Kier molecular flexibility index (Phi) is 2.84. The first-order valence-electron chi connectivity index (χ1n) is 7.20. The minimum atomic E-state index is 0.273. The number of allylic oxidation sites excluding steroid dienone is 7. The molecule has 0 fully saturated rings. The van der Waals surface area contributed by atoms with Crippen molar-refractivity contribution in [2.45, 2.75) is 19.3 Å². The Morgan fingerprint density at radius 2 is 2.05 bits per heavy atom. The molecule has 0 amide bonds. The van der Waals surface area contributed by atoms with Crippen molar-refractivity contribution >= 4 is 0 Å². The minimum Gasteiger partial charge on any atom is -0.461 e. The van der Waals surface area contributed by atoms with Crippen LogP contribution in [0.5, 0.6) is 0 Å². The Labute approximate surface area is 120 Å². The Morgan fingerprint density at radius 1 is 1.10 bits per heavy atom. The van der Waals surface area contributed by atoms with Crippen molar-refractivity contribution in [2.75, 3.05) is 0 Å². The van der Waals surface area contributed by atoms with E-state index < -0.39 is 0 Å². The molecule has 1 heterocycles. The second-order valence-electron chi connectivity index (χ2n) is 5.42. The fraction of sp³-hybridized carbons (Fsp3) is 0.211. The summed E-state index contributed by atoms with van der Waals surface area (Å²) in [7, 11) is 0. The molecule has 0 bridgehead atoms. The summed E-state index contributed by atoms with van der Waals surface area (Å²) in [6.45, 7) is 0. The van der Waals surface area contributed by atoms with Gasteiger partial charge in [0.2, 0.25) is 0 Å². The van der Waals surface area contributed by atoms with Gasteiger partial charge in [0.25, 0.3) is 0 Å². The van der Waals surface area contributed by atoms with E-state index in [1.807, 2.05) is 0 Å². The van der Waals surface area contributed by atoms with Gasteiger partial charge in [-0.05, 0) is 48.1 Å². The molecule has 2 radical (unpaired) electrons. The maximum absolute atomic E-state index is 6.09. The van der Waals surface area contributed by atoms with Crippen molar-refractivity contribution in [2.24, 2.45) is 5.92 Å². The second kappa shape index (κ2) is 4.82. The molecular weight excluding hydrogens is 244 g/mol. The van der Waals surface area contributed by atoms with Crippen LogP contribution >= 0.6 is 0 Å². The van der Waals surface area contributed by atoms with Gasteiger partial charge in [0.15, 0.2) is 0 Å². The largest absolute Gasteiger partial charge is 0.461 e. The molecule has 1 aromatic carbocycles. The van der Waals surface area contributed by atoms with Crippen molar-refractivity contribution in [1.29, 1.82) is 0 Å². The molecule has 0 saturated heterocycles. The topological polar surface area (TPSA) is 9.23 Å². The van der Waals surface area contributed by atoms with Crippen LogP contribution in [-0.4, -0.2) is 0 Å². The number of hydrogen-bond acceptors (Lipinski definition) is 1. The molecule has 0 saturated carbocycles. The summed E-state index contributed by atoms with van der Waals surface area (Å²) >= 11 is 0. The third-order valence-electron chi connectivity index (χ3n) is 4.11. The number of benzene rings is 1. The standard InChI is InChI=1S/C19H16O/c1-2-7-16-13-17(10-9-14(16)5-1)19-12-11-15-6-3-4-8-18(15)20-19/h1-5,7-8,11-12,17H,6,9-10H2. The Morgan fingerprint density at radius 3 is 3.05 bits per heavy atom. The number of rotatable bonds is 1. The zero-order valence-electron chi connectivity index (χ0n) is 11.3. The zero-order valence-corrected chi connectivity index (χ0v) is 11.3. The molecule has 20 heavy (non-hydrogen) atoms. The van der Waals surface area contributed by atoms with E-state index in [0.29, 0.717) is 0 Å². The lowest BCUT2D eigenvalue weighted by molar-refractivity contribution is 0.260. The first-order valence-corrected chi connectivity index (χ1v) is 7.20. The summed E-state index contributed by atoms with van der Waals surface area (Å²) in [5, 5.41) is 0. The van der Waals surface area contributed by atoms with Crippen LogP contribution in [0.15, 0.2) is 71.7 Å². The van der Waals surface area contributed by atoms with Gasteiger partial charge in [-0.1, -0.05) is 42.5 Å². The predicted octanol–water partition coefficient (Wildman–Crippen LogP) is 4.36. The van der Waals surface area contributed by atoms with E-state index in [1.54, 1.807) is 0 Å². The second-order valence-corrected chi connectivity index (χ2v) is 5.42. The molecule has 1 nitrogen and oxygen atoms in total. The minimum absolute atomic E-state index is 0.273. The van der Waals surface area contributed by atoms with Crippen molar-refractivity contribution in [3.63, 3.8) is 0 Å². The molecule has 4 rings (SSSR count). The van der Waals surface area contributed by atoms with Crippen molar-refractivity contribution in [1.82, 2.24) is 0 Å². The number of fused-ring (bicyclic) bond motifs is 2. The van der Waals surface area contributed by atoms with Crippen LogP contribution < -0.4 is 0 Å². The van der Waals surface area contributed by atoms with E-state index in [-0.39, 0.29) is 5.92 Å². The Hall–Kier alpha value is -2.02. The van der Waals surface area contributed by atoms with E-state index in [9.17, 15) is 0 Å². The van der Waals surface area contributed by atoms with Crippen LogP contribution in [0.4, 0.5) is 0 Å². The van der Waals surface area contributed by atoms with Crippen LogP contribution in [0.1, 0.15) is 24.0 Å². The highest BCUT2D eigenvalue weighted by Crippen LogP contribution is 2.37. The molecule has 3 aliphatic rings. The maximum Gasteiger partial charge on any atom is 0.130 e. The van der Waals surface area contributed by atoms with E-state index in [1.165, 1.54) is 16.7 Å². The zero-order chi connectivity index (χ0) is 13.4. The van der Waals surface area contributed by atoms with Crippen LogP contribution in [0, 0.1) is 12.3 Å². The number of ether oxygens (including phenoxy) is 1. The molecular formula is C19H16O. The summed E-state index contributed by atoms with van der Waals surface area (Å²) < 4.78 is 6.09. The highest BCUT2D eigenvalue weighted by Gasteiger charge is 2.26. The van der Waals surface area contributed by atoms with Crippen molar-refractivity contribution < 1.29 is 4.74 Å². The fourth-order valence-corrected chi connectivity index (χ4v) is 2.99. The number of aryl methyl sites for hydroxylation is 1. The molecule has 1 aliphatic heterocycles. The lowest BCUT2D eigenvalue weighted by Crippen LogP contribution is -2.17. The third-order valence-corrected chi connectivity index (χ3v) is 4.11. The lowest BCUT2D eigenvalue weighted by atomic mass is 9.82. The van der Waals surface area contributed by atoms with Gasteiger partial charge in [-0.2, -0.15) is 0 Å². The average Bonchev–Trinajstić information content (AvgIpc) is 2.54. The highest BCUT2D eigenvalue weighted by molar-refractivity contribution is 5.44. The summed E-state index contributed by atoms with van der Waals surface area (Å²) in [5.74, 6) is 2.31. The summed E-state index contributed by atoms with van der Waals surface area (Å²) in [4.78, 5) is 0. The normalized spacial score (nSPS) is 23.8. The van der Waals surface area contributed by atoms with E-state index in [4.69, 9.17) is 4.74 Å². The van der Waals surface area contributed by atoms with Gasteiger partial charge in [-0.15, -0.1) is 0 Å². The van der Waals surface area contributed by atoms with Crippen LogP contribution in [0.2, 0.25) is 0 Å². The first kappa shape index (κ1) is 11.8. The summed E-state index contributed by atoms with van der Waals surface area (Å²) in [5.41, 5.74) is 3.91. The Balaban J connectivity index is 1.58. The van der Waals surface area contributed by atoms with Crippen LogP contribution in [0.25, 0.3) is 0 Å². The molecule has 1 aromatic rings. The molecule has 1 unspecified atom stereocenters. The SMILES string of the molecule is [C]1c2ccccc2CCC1C1=CC=C2CC=CC=C2O1. The summed E-state index contributed by atoms with van der Waals surface area (Å²) in [6.07, 6.45) is 17.3. The summed E-state index contributed by atoms with van der Waals surface area (Å²) in [6, 6.07) is 8.53. The van der Waals surface area contributed by atoms with Gasteiger partial charge in [-0.3, -0.25) is 0 Å². The predicted molar refractivity (Wildman–Crippen MR) is 79.7 cm³/mol. The molecule has 0 N–H and O–H groups in total. The van der Waals surface area contributed by atoms with E-state index >= 15 is 0 Å². The maximum atomic E-state index is 6.09. The van der Waals surface area contributed by atoms with Gasteiger partial charge in [0.05, 0.1) is 0 Å². The van der Waals surface area contributed by atoms with Gasteiger partial charge >= 0.3 is 0 Å².